The molecule has 2 aromatic heterocycles. The van der Waals surface area contributed by atoms with Crippen molar-refractivity contribution < 1.29 is 14.3 Å². The summed E-state index contributed by atoms with van der Waals surface area (Å²) in [5, 5.41) is 9.95. The van der Waals surface area contributed by atoms with E-state index in [9.17, 15) is 9.90 Å². The molecule has 0 spiro atoms. The number of carboxylic acids is 1. The van der Waals surface area contributed by atoms with Crippen LogP contribution in [0.1, 0.15) is 21.7 Å². The van der Waals surface area contributed by atoms with Gasteiger partial charge in [-0.25, -0.2) is 9.78 Å². The highest BCUT2D eigenvalue weighted by molar-refractivity contribution is 5.93. The Kier molecular flexibility index (Phi) is 3.81. The molecule has 0 aliphatic heterocycles. The molecule has 128 valence electrons. The van der Waals surface area contributed by atoms with Crippen LogP contribution in [0.25, 0.3) is 33.4 Å². The quantitative estimate of drug-likeness (QED) is 0.535. The molecule has 4 rings (SSSR count). The molecule has 2 heterocycles. The maximum atomic E-state index is 11.2. The van der Waals surface area contributed by atoms with Crippen LogP contribution in [0.4, 0.5) is 0 Å². The Bertz CT molecular complexity index is 1130. The highest BCUT2D eigenvalue weighted by Crippen LogP contribution is 2.35. The fraction of sp³-hybridized carbons (Fsp3) is 0.0909. The number of aryl methyl sites for hydroxylation is 1. The molecular formula is C22H17NO3. The molecule has 0 atom stereocenters. The van der Waals surface area contributed by atoms with Gasteiger partial charge < -0.3 is 9.52 Å². The molecule has 0 aliphatic rings. The summed E-state index contributed by atoms with van der Waals surface area (Å²) in [6.07, 6.45) is 0. The van der Waals surface area contributed by atoms with Crippen LogP contribution in [0.5, 0.6) is 0 Å². The smallest absolute Gasteiger partial charge is 0.354 e. The highest BCUT2D eigenvalue weighted by atomic mass is 16.4. The Balaban J connectivity index is 1.88. The normalized spacial score (nSPS) is 11.0. The van der Waals surface area contributed by atoms with E-state index in [2.05, 4.69) is 30.1 Å². The van der Waals surface area contributed by atoms with E-state index < -0.39 is 5.97 Å². The lowest BCUT2D eigenvalue weighted by Gasteiger charge is -2.10. The van der Waals surface area contributed by atoms with E-state index in [4.69, 9.17) is 4.42 Å². The molecule has 0 saturated carbocycles. The summed E-state index contributed by atoms with van der Waals surface area (Å²) in [6, 6.07) is 19.7. The SMILES string of the molecule is Cc1c(-c2ccccc2)cccc1-c1cc2cc(C(=O)O)nc(C)c2o1. The number of carboxylic acid groups (broad SMARTS) is 1. The molecule has 0 aliphatic carbocycles. The van der Waals surface area contributed by atoms with Crippen LogP contribution in [-0.4, -0.2) is 16.1 Å². The van der Waals surface area contributed by atoms with Gasteiger partial charge in [0.2, 0.25) is 0 Å². The van der Waals surface area contributed by atoms with Crippen molar-refractivity contribution in [2.75, 3.05) is 0 Å². The standard InChI is InChI=1S/C22H17NO3/c1-13-17(15-7-4-3-5-8-15)9-6-10-18(13)20-12-16-11-19(22(24)25)23-14(2)21(16)26-20/h3-12H,1-2H3,(H,24,25). The Labute approximate surface area is 150 Å². The average molecular weight is 343 g/mol. The van der Waals surface area contributed by atoms with Gasteiger partial charge in [0.05, 0.1) is 5.69 Å². The van der Waals surface area contributed by atoms with Crippen LogP contribution < -0.4 is 0 Å². The van der Waals surface area contributed by atoms with Gasteiger partial charge in [0, 0.05) is 10.9 Å². The summed E-state index contributed by atoms with van der Waals surface area (Å²) >= 11 is 0. The molecule has 0 bridgehead atoms. The van der Waals surface area contributed by atoms with Crippen molar-refractivity contribution in [3.05, 3.63) is 77.6 Å². The largest absolute Gasteiger partial charge is 0.477 e. The molecule has 1 N–H and O–H groups in total. The zero-order valence-corrected chi connectivity index (χ0v) is 14.5. The van der Waals surface area contributed by atoms with Gasteiger partial charge in [-0.05, 0) is 42.7 Å². The fourth-order valence-corrected chi connectivity index (χ4v) is 3.28. The van der Waals surface area contributed by atoms with Gasteiger partial charge in [0.25, 0.3) is 0 Å². The molecule has 0 radical (unpaired) electrons. The van der Waals surface area contributed by atoms with Crippen LogP contribution in [0, 0.1) is 13.8 Å². The van der Waals surface area contributed by atoms with E-state index in [1.165, 1.54) is 0 Å². The van der Waals surface area contributed by atoms with Crippen LogP contribution in [0.2, 0.25) is 0 Å². The molecule has 4 nitrogen and oxygen atoms in total. The van der Waals surface area contributed by atoms with E-state index in [0.29, 0.717) is 17.0 Å². The molecule has 0 fully saturated rings. The zero-order chi connectivity index (χ0) is 18.3. The molecule has 2 aromatic carbocycles. The predicted octanol–water partition coefficient (Wildman–Crippen LogP) is 5.48. The Morgan fingerprint density at radius 1 is 0.962 bits per heavy atom. The fourth-order valence-electron chi connectivity index (χ4n) is 3.28. The number of nitrogens with zero attached hydrogens (tertiary/aromatic N) is 1. The minimum Gasteiger partial charge on any atom is -0.477 e. The number of pyridine rings is 1. The van der Waals surface area contributed by atoms with Gasteiger partial charge in [-0.15, -0.1) is 0 Å². The maximum absolute atomic E-state index is 11.2. The van der Waals surface area contributed by atoms with Gasteiger partial charge in [-0.2, -0.15) is 0 Å². The number of aromatic nitrogens is 1. The first-order valence-electron chi connectivity index (χ1n) is 8.34. The van der Waals surface area contributed by atoms with Crippen molar-refractivity contribution >= 4 is 16.9 Å². The number of fused-ring (bicyclic) bond motifs is 1. The van der Waals surface area contributed by atoms with Crippen molar-refractivity contribution in [2.45, 2.75) is 13.8 Å². The summed E-state index contributed by atoms with van der Waals surface area (Å²) in [7, 11) is 0. The number of aromatic carboxylic acids is 1. The number of rotatable bonds is 3. The molecule has 0 saturated heterocycles. The number of hydrogen-bond donors (Lipinski definition) is 1. The first kappa shape index (κ1) is 16.1. The van der Waals surface area contributed by atoms with Gasteiger partial charge in [-0.1, -0.05) is 48.5 Å². The van der Waals surface area contributed by atoms with Gasteiger partial charge in [-0.3, -0.25) is 0 Å². The second-order valence-electron chi connectivity index (χ2n) is 6.27. The minimum absolute atomic E-state index is 0.0251. The number of benzene rings is 2. The Morgan fingerprint density at radius 2 is 1.69 bits per heavy atom. The lowest BCUT2D eigenvalue weighted by molar-refractivity contribution is 0.0690. The van der Waals surface area contributed by atoms with Crippen molar-refractivity contribution in [3.63, 3.8) is 0 Å². The number of hydrogen-bond acceptors (Lipinski definition) is 3. The summed E-state index contributed by atoms with van der Waals surface area (Å²) in [5.41, 5.74) is 5.61. The monoisotopic (exact) mass is 343 g/mol. The average Bonchev–Trinajstić information content (AvgIpc) is 3.07. The van der Waals surface area contributed by atoms with Crippen molar-refractivity contribution in [1.29, 1.82) is 0 Å². The van der Waals surface area contributed by atoms with Crippen LogP contribution in [0.15, 0.2) is 65.1 Å². The molecule has 0 amide bonds. The lowest BCUT2D eigenvalue weighted by atomic mass is 9.95. The van der Waals surface area contributed by atoms with Crippen LogP contribution in [0.3, 0.4) is 0 Å². The third kappa shape index (κ3) is 2.65. The van der Waals surface area contributed by atoms with Crippen molar-refractivity contribution in [3.8, 4) is 22.5 Å². The summed E-state index contributed by atoms with van der Waals surface area (Å²) in [4.78, 5) is 15.3. The summed E-state index contributed by atoms with van der Waals surface area (Å²) < 4.78 is 6.04. The molecule has 26 heavy (non-hydrogen) atoms. The second-order valence-corrected chi connectivity index (χ2v) is 6.27. The van der Waals surface area contributed by atoms with E-state index in [1.54, 1.807) is 13.0 Å². The van der Waals surface area contributed by atoms with Crippen molar-refractivity contribution in [2.24, 2.45) is 0 Å². The molecule has 4 heteroatoms. The third-order valence-electron chi connectivity index (χ3n) is 4.57. The van der Waals surface area contributed by atoms with Crippen LogP contribution >= 0.6 is 0 Å². The van der Waals surface area contributed by atoms with E-state index in [-0.39, 0.29) is 5.69 Å². The van der Waals surface area contributed by atoms with E-state index in [1.807, 2.05) is 36.4 Å². The predicted molar refractivity (Wildman–Crippen MR) is 101 cm³/mol. The molecule has 0 unspecified atom stereocenters. The highest BCUT2D eigenvalue weighted by Gasteiger charge is 2.16. The number of carbonyl (C=O) groups is 1. The van der Waals surface area contributed by atoms with Gasteiger partial charge in [0.15, 0.2) is 5.58 Å². The summed E-state index contributed by atoms with van der Waals surface area (Å²) in [6.45, 7) is 3.83. The minimum atomic E-state index is -1.04. The second kappa shape index (κ2) is 6.15. The Morgan fingerprint density at radius 3 is 2.42 bits per heavy atom. The maximum Gasteiger partial charge on any atom is 0.354 e. The van der Waals surface area contributed by atoms with Gasteiger partial charge >= 0.3 is 5.97 Å². The lowest BCUT2D eigenvalue weighted by Crippen LogP contribution is -2.00. The van der Waals surface area contributed by atoms with Gasteiger partial charge in [0.1, 0.15) is 11.5 Å². The van der Waals surface area contributed by atoms with Crippen LogP contribution in [-0.2, 0) is 0 Å². The molecular weight excluding hydrogens is 326 g/mol. The Hall–Kier alpha value is -3.40. The molecule has 4 aromatic rings. The van der Waals surface area contributed by atoms with E-state index in [0.717, 1.165) is 27.6 Å². The van der Waals surface area contributed by atoms with Crippen molar-refractivity contribution in [1.82, 2.24) is 4.98 Å². The zero-order valence-electron chi connectivity index (χ0n) is 14.5. The number of furan rings is 1. The first-order valence-corrected chi connectivity index (χ1v) is 8.34. The summed E-state index contributed by atoms with van der Waals surface area (Å²) in [5.74, 6) is -0.331. The topological polar surface area (TPSA) is 63.3 Å². The van der Waals surface area contributed by atoms with E-state index >= 15 is 0 Å². The first-order chi connectivity index (χ1) is 12.5. The third-order valence-corrected chi connectivity index (χ3v) is 4.57.